The molecule has 0 bridgehead atoms. The van der Waals surface area contributed by atoms with Crippen molar-refractivity contribution < 1.29 is 4.42 Å². The zero-order valence-electron chi connectivity index (χ0n) is 8.41. The molecular weight excluding hydrogens is 415 g/mol. The summed E-state index contributed by atoms with van der Waals surface area (Å²) in [5, 5.41) is 2.03. The first-order valence-electron chi connectivity index (χ1n) is 4.73. The van der Waals surface area contributed by atoms with E-state index in [0.717, 1.165) is 15.6 Å². The van der Waals surface area contributed by atoms with E-state index in [2.05, 4.69) is 43.5 Å². The van der Waals surface area contributed by atoms with Gasteiger partial charge in [-0.05, 0) is 40.8 Å². The van der Waals surface area contributed by atoms with Crippen LogP contribution in [0.4, 0.5) is 5.69 Å². The molecule has 1 aromatic carbocycles. The van der Waals surface area contributed by atoms with Crippen molar-refractivity contribution in [1.82, 2.24) is 4.98 Å². The minimum Gasteiger partial charge on any atom is -0.434 e. The van der Waals surface area contributed by atoms with E-state index in [4.69, 9.17) is 10.2 Å². The summed E-state index contributed by atoms with van der Waals surface area (Å²) in [6.45, 7) is 0. The van der Waals surface area contributed by atoms with Crippen LogP contribution in [0.2, 0.25) is 0 Å². The van der Waals surface area contributed by atoms with Crippen LogP contribution in [-0.2, 0) is 0 Å². The van der Waals surface area contributed by atoms with Crippen molar-refractivity contribution in [2.45, 2.75) is 0 Å². The van der Waals surface area contributed by atoms with Gasteiger partial charge in [0.25, 0.3) is 0 Å². The van der Waals surface area contributed by atoms with Crippen LogP contribution in [-0.4, -0.2) is 4.98 Å². The molecule has 0 spiro atoms. The fourth-order valence-corrected chi connectivity index (χ4v) is 3.35. The number of fused-ring (bicyclic) bond motifs is 1. The Hall–Kier alpha value is -0.600. The number of rotatable bonds is 1. The Kier molecular flexibility index (Phi) is 2.87. The van der Waals surface area contributed by atoms with Crippen LogP contribution in [0.3, 0.4) is 0 Å². The lowest BCUT2D eigenvalue weighted by Crippen LogP contribution is -1.84. The highest BCUT2D eigenvalue weighted by molar-refractivity contribution is 14.1. The second-order valence-corrected chi connectivity index (χ2v) is 7.22. The van der Waals surface area contributed by atoms with Crippen molar-refractivity contribution in [3.63, 3.8) is 0 Å². The number of hydrogen-bond acceptors (Lipinski definition) is 4. The summed E-state index contributed by atoms with van der Waals surface area (Å²) in [5.74, 6) is 0.615. The number of hydrogen-bond donors (Lipinski definition) is 1. The standard InChI is InChI=1S/C11H6BrIN2OS/c12-6-2-7(14)10-8(3-6)15-11(16-10)5-1-9(13)17-4-5/h1-4H,14H2. The van der Waals surface area contributed by atoms with Crippen LogP contribution in [0.5, 0.6) is 0 Å². The number of oxazole rings is 1. The summed E-state index contributed by atoms with van der Waals surface area (Å²) < 4.78 is 7.81. The fourth-order valence-electron chi connectivity index (χ4n) is 1.57. The van der Waals surface area contributed by atoms with Gasteiger partial charge in [-0.15, -0.1) is 11.3 Å². The van der Waals surface area contributed by atoms with Gasteiger partial charge in [-0.3, -0.25) is 0 Å². The summed E-state index contributed by atoms with van der Waals surface area (Å²) in [6.07, 6.45) is 0. The molecule has 17 heavy (non-hydrogen) atoms. The van der Waals surface area contributed by atoms with Gasteiger partial charge in [0.2, 0.25) is 5.89 Å². The molecular formula is C11H6BrIN2OS. The monoisotopic (exact) mass is 420 g/mol. The zero-order valence-corrected chi connectivity index (χ0v) is 13.0. The van der Waals surface area contributed by atoms with Gasteiger partial charge in [-0.25, -0.2) is 4.98 Å². The van der Waals surface area contributed by atoms with Gasteiger partial charge < -0.3 is 10.2 Å². The number of benzene rings is 1. The number of thiophene rings is 1. The smallest absolute Gasteiger partial charge is 0.228 e. The number of halogens is 2. The van der Waals surface area contributed by atoms with Crippen molar-refractivity contribution in [1.29, 1.82) is 0 Å². The molecule has 0 saturated carbocycles. The number of nitrogens with zero attached hydrogens (tertiary/aromatic N) is 1. The number of aromatic nitrogens is 1. The minimum absolute atomic E-state index is 0.595. The van der Waals surface area contributed by atoms with E-state index in [0.29, 0.717) is 17.2 Å². The maximum atomic E-state index is 5.89. The summed E-state index contributed by atoms with van der Waals surface area (Å²) in [4.78, 5) is 4.44. The van der Waals surface area contributed by atoms with Crippen molar-refractivity contribution >= 4 is 66.6 Å². The third-order valence-corrected chi connectivity index (χ3v) is 4.54. The van der Waals surface area contributed by atoms with Gasteiger partial charge in [-0.2, -0.15) is 0 Å². The molecule has 2 aromatic heterocycles. The fraction of sp³-hybridized carbons (Fsp3) is 0. The maximum absolute atomic E-state index is 5.89. The Morgan fingerprint density at radius 2 is 2.18 bits per heavy atom. The predicted molar refractivity (Wildman–Crippen MR) is 82.2 cm³/mol. The second-order valence-electron chi connectivity index (χ2n) is 3.50. The van der Waals surface area contributed by atoms with Crippen molar-refractivity contribution in [3.05, 3.63) is 30.9 Å². The van der Waals surface area contributed by atoms with Gasteiger partial charge in [0.1, 0.15) is 5.52 Å². The molecule has 0 atom stereocenters. The number of nitrogen functional groups attached to an aromatic ring is 1. The van der Waals surface area contributed by atoms with Gasteiger partial charge in [0.15, 0.2) is 5.58 Å². The lowest BCUT2D eigenvalue weighted by Gasteiger charge is -1.93. The van der Waals surface area contributed by atoms with Crippen molar-refractivity contribution in [3.8, 4) is 11.5 Å². The molecule has 0 unspecified atom stereocenters. The summed E-state index contributed by atoms with van der Waals surface area (Å²) in [5.41, 5.74) is 8.89. The third kappa shape index (κ3) is 2.09. The summed E-state index contributed by atoms with van der Waals surface area (Å²) >= 11 is 7.33. The Morgan fingerprint density at radius 3 is 2.88 bits per heavy atom. The molecule has 0 radical (unpaired) electrons. The van der Waals surface area contributed by atoms with E-state index in [1.165, 1.54) is 2.88 Å². The average Bonchev–Trinajstić information content (AvgIpc) is 2.83. The SMILES string of the molecule is Nc1cc(Br)cc2nc(-c3csc(I)c3)oc12. The Morgan fingerprint density at radius 1 is 1.35 bits per heavy atom. The molecule has 0 aliphatic heterocycles. The first-order chi connectivity index (χ1) is 8.13. The molecule has 0 fully saturated rings. The van der Waals surface area contributed by atoms with Gasteiger partial charge in [-0.1, -0.05) is 15.9 Å². The van der Waals surface area contributed by atoms with Gasteiger partial charge in [0, 0.05) is 15.4 Å². The van der Waals surface area contributed by atoms with Crippen molar-refractivity contribution in [2.75, 3.05) is 5.73 Å². The highest BCUT2D eigenvalue weighted by Crippen LogP contribution is 2.32. The highest BCUT2D eigenvalue weighted by Gasteiger charge is 2.12. The third-order valence-electron chi connectivity index (χ3n) is 2.30. The Balaban J connectivity index is 2.23. The normalized spacial score (nSPS) is 11.2. The lowest BCUT2D eigenvalue weighted by molar-refractivity contribution is 0.621. The molecule has 2 heterocycles. The molecule has 0 aliphatic carbocycles. The average molecular weight is 421 g/mol. The summed E-state index contributed by atoms with van der Waals surface area (Å²) in [6, 6.07) is 5.76. The molecule has 2 N–H and O–H groups in total. The predicted octanol–water partition coefficient (Wildman–Crippen LogP) is 4.51. The molecule has 0 aliphatic rings. The minimum atomic E-state index is 0.595. The van der Waals surface area contributed by atoms with E-state index in [9.17, 15) is 0 Å². The molecule has 6 heteroatoms. The van der Waals surface area contributed by atoms with E-state index in [1.807, 2.05) is 23.6 Å². The topological polar surface area (TPSA) is 52.0 Å². The second kappa shape index (κ2) is 4.25. The van der Waals surface area contributed by atoms with Crippen molar-refractivity contribution in [2.24, 2.45) is 0 Å². The van der Waals surface area contributed by atoms with Crippen LogP contribution >= 0.6 is 49.9 Å². The quantitative estimate of drug-likeness (QED) is 0.465. The van der Waals surface area contributed by atoms with Crippen LogP contribution in [0, 0.1) is 2.88 Å². The van der Waals surface area contributed by atoms with Crippen LogP contribution in [0.15, 0.2) is 32.5 Å². The Bertz CT molecular complexity index is 707. The van der Waals surface area contributed by atoms with E-state index in [1.54, 1.807) is 11.3 Å². The zero-order chi connectivity index (χ0) is 12.0. The first-order valence-corrected chi connectivity index (χ1v) is 7.48. The van der Waals surface area contributed by atoms with Crippen LogP contribution in [0.1, 0.15) is 0 Å². The van der Waals surface area contributed by atoms with Gasteiger partial charge >= 0.3 is 0 Å². The van der Waals surface area contributed by atoms with Gasteiger partial charge in [0.05, 0.1) is 8.57 Å². The molecule has 3 rings (SSSR count). The maximum Gasteiger partial charge on any atom is 0.228 e. The molecule has 0 saturated heterocycles. The molecule has 3 aromatic rings. The summed E-state index contributed by atoms with van der Waals surface area (Å²) in [7, 11) is 0. The lowest BCUT2D eigenvalue weighted by atomic mass is 10.3. The van der Waals surface area contributed by atoms with E-state index in [-0.39, 0.29) is 0 Å². The Labute approximate surface area is 123 Å². The largest absolute Gasteiger partial charge is 0.434 e. The van der Waals surface area contributed by atoms with Crippen LogP contribution in [0.25, 0.3) is 22.6 Å². The molecule has 0 amide bonds. The van der Waals surface area contributed by atoms with E-state index >= 15 is 0 Å². The van der Waals surface area contributed by atoms with Crippen LogP contribution < -0.4 is 5.73 Å². The van der Waals surface area contributed by atoms with E-state index < -0.39 is 0 Å². The first kappa shape index (κ1) is 11.5. The molecule has 3 nitrogen and oxygen atoms in total. The highest BCUT2D eigenvalue weighted by atomic mass is 127. The number of nitrogens with two attached hydrogens (primary N) is 1. The number of anilines is 1. The molecule has 86 valence electrons.